The Morgan fingerprint density at radius 2 is 1.30 bits per heavy atom. The lowest BCUT2D eigenvalue weighted by Gasteiger charge is -2.24. The molecule has 0 atom stereocenters. The van der Waals surface area contributed by atoms with Crippen molar-refractivity contribution in [2.45, 2.75) is 6.54 Å². The van der Waals surface area contributed by atoms with Crippen LogP contribution in [0.4, 0.5) is 0 Å². The molecule has 0 unspecified atom stereocenters. The summed E-state index contributed by atoms with van der Waals surface area (Å²) in [7, 11) is 0. The first kappa shape index (κ1) is 16.4. The monoisotopic (exact) mass is 312 g/mol. The second-order valence-electron chi connectivity index (χ2n) is 6.16. The molecule has 23 heavy (non-hydrogen) atoms. The van der Waals surface area contributed by atoms with Crippen molar-refractivity contribution in [3.63, 3.8) is 0 Å². The molecule has 1 heterocycles. The second-order valence-corrected chi connectivity index (χ2v) is 6.16. The Morgan fingerprint density at radius 1 is 0.696 bits per heavy atom. The van der Waals surface area contributed by atoms with Crippen LogP contribution in [0, 0.1) is 0 Å². The van der Waals surface area contributed by atoms with Crippen LogP contribution in [-0.2, 0) is 6.54 Å². The van der Waals surface area contributed by atoms with Gasteiger partial charge in [0.25, 0.3) is 0 Å². The van der Waals surface area contributed by atoms with E-state index in [0.29, 0.717) is 0 Å². The van der Waals surface area contributed by atoms with Crippen molar-refractivity contribution in [2.75, 3.05) is 52.4 Å². The Kier molecular flexibility index (Phi) is 6.41. The third-order valence-corrected chi connectivity index (χ3v) is 4.44. The molecule has 4 nitrogen and oxygen atoms in total. The van der Waals surface area contributed by atoms with Gasteiger partial charge in [-0.3, -0.25) is 4.90 Å². The molecule has 0 radical (unpaired) electrons. The predicted molar refractivity (Wildman–Crippen MR) is 97.8 cm³/mol. The number of nitrogens with one attached hydrogen (secondary N) is 3. The highest BCUT2D eigenvalue weighted by Crippen LogP contribution is 2.19. The highest BCUT2D eigenvalue weighted by atomic mass is 15.2. The van der Waals surface area contributed by atoms with Crippen molar-refractivity contribution in [3.05, 3.63) is 48.0 Å². The van der Waals surface area contributed by atoms with Gasteiger partial charge in [-0.25, -0.2) is 0 Å². The van der Waals surface area contributed by atoms with E-state index in [2.05, 4.69) is 63.3 Å². The molecule has 1 saturated heterocycles. The Morgan fingerprint density at radius 3 is 2.04 bits per heavy atom. The zero-order valence-electron chi connectivity index (χ0n) is 13.9. The summed E-state index contributed by atoms with van der Waals surface area (Å²) in [5.41, 5.74) is 1.43. The van der Waals surface area contributed by atoms with E-state index < -0.39 is 0 Å². The molecule has 1 aliphatic heterocycles. The van der Waals surface area contributed by atoms with Crippen LogP contribution in [0.2, 0.25) is 0 Å². The number of rotatable bonds is 2. The van der Waals surface area contributed by atoms with Crippen LogP contribution in [0.5, 0.6) is 0 Å². The normalized spacial score (nSPS) is 19.1. The summed E-state index contributed by atoms with van der Waals surface area (Å²) >= 11 is 0. The van der Waals surface area contributed by atoms with Crippen LogP contribution in [0.1, 0.15) is 5.56 Å². The Hall–Kier alpha value is -1.46. The summed E-state index contributed by atoms with van der Waals surface area (Å²) in [5.74, 6) is 0. The second kappa shape index (κ2) is 8.99. The van der Waals surface area contributed by atoms with E-state index in [1.807, 2.05) is 0 Å². The van der Waals surface area contributed by atoms with Crippen molar-refractivity contribution in [2.24, 2.45) is 0 Å². The minimum absolute atomic E-state index is 1.02. The lowest BCUT2D eigenvalue weighted by Crippen LogP contribution is -2.41. The molecule has 0 bridgehead atoms. The van der Waals surface area contributed by atoms with Crippen LogP contribution >= 0.6 is 0 Å². The van der Waals surface area contributed by atoms with Crippen LogP contribution in [0.15, 0.2) is 42.5 Å². The molecule has 2 aromatic carbocycles. The highest BCUT2D eigenvalue weighted by molar-refractivity contribution is 5.85. The smallest absolute Gasteiger partial charge is 0.0240 e. The van der Waals surface area contributed by atoms with Crippen molar-refractivity contribution < 1.29 is 0 Å². The van der Waals surface area contributed by atoms with Gasteiger partial charge in [0.05, 0.1) is 0 Å². The van der Waals surface area contributed by atoms with Gasteiger partial charge in [-0.05, 0) is 16.3 Å². The Labute approximate surface area is 139 Å². The first-order chi connectivity index (χ1) is 11.4. The summed E-state index contributed by atoms with van der Waals surface area (Å²) in [5, 5.41) is 13.2. The van der Waals surface area contributed by atoms with E-state index in [-0.39, 0.29) is 0 Å². The average Bonchev–Trinajstić information content (AvgIpc) is 2.57. The number of hydrogen-bond acceptors (Lipinski definition) is 4. The number of fused-ring (bicyclic) bond motifs is 1. The molecule has 0 aliphatic carbocycles. The maximum absolute atomic E-state index is 3.53. The third kappa shape index (κ3) is 5.01. The van der Waals surface area contributed by atoms with Gasteiger partial charge in [-0.2, -0.15) is 0 Å². The molecule has 3 rings (SSSR count). The molecule has 0 saturated carbocycles. The topological polar surface area (TPSA) is 39.3 Å². The minimum Gasteiger partial charge on any atom is -0.314 e. The van der Waals surface area contributed by atoms with Gasteiger partial charge < -0.3 is 16.0 Å². The lowest BCUT2D eigenvalue weighted by molar-refractivity contribution is 0.264. The first-order valence-corrected chi connectivity index (χ1v) is 8.74. The molecule has 4 heteroatoms. The fraction of sp³-hybridized carbons (Fsp3) is 0.474. The van der Waals surface area contributed by atoms with Gasteiger partial charge in [-0.15, -0.1) is 0 Å². The van der Waals surface area contributed by atoms with Crippen LogP contribution in [0.3, 0.4) is 0 Å². The highest BCUT2D eigenvalue weighted by Gasteiger charge is 2.08. The third-order valence-electron chi connectivity index (χ3n) is 4.44. The molecule has 1 fully saturated rings. The summed E-state index contributed by atoms with van der Waals surface area (Å²) in [6, 6.07) is 15.3. The molecule has 124 valence electrons. The van der Waals surface area contributed by atoms with E-state index in [9.17, 15) is 0 Å². The van der Waals surface area contributed by atoms with Gasteiger partial charge >= 0.3 is 0 Å². The maximum atomic E-state index is 3.53. The molecular weight excluding hydrogens is 284 g/mol. The van der Waals surface area contributed by atoms with Crippen molar-refractivity contribution >= 4 is 10.8 Å². The minimum atomic E-state index is 1.02. The van der Waals surface area contributed by atoms with Crippen LogP contribution in [-0.4, -0.2) is 57.3 Å². The molecule has 1 aliphatic rings. The van der Waals surface area contributed by atoms with E-state index in [1.165, 1.54) is 16.3 Å². The quantitative estimate of drug-likeness (QED) is 0.784. The van der Waals surface area contributed by atoms with Crippen LogP contribution < -0.4 is 16.0 Å². The standard InChI is InChI=1S/C19H28N4/c1-2-7-19-17(4-1)5-3-6-18(19)16-23-14-12-21-10-8-20-9-11-22-13-15-23/h1-7,20-22H,8-16H2. The first-order valence-electron chi connectivity index (χ1n) is 8.74. The fourth-order valence-corrected chi connectivity index (χ4v) is 3.14. The van der Waals surface area contributed by atoms with Crippen molar-refractivity contribution in [1.29, 1.82) is 0 Å². The zero-order chi connectivity index (χ0) is 15.7. The lowest BCUT2D eigenvalue weighted by atomic mass is 10.0. The average molecular weight is 312 g/mol. The van der Waals surface area contributed by atoms with Crippen molar-refractivity contribution in [1.82, 2.24) is 20.9 Å². The van der Waals surface area contributed by atoms with E-state index in [4.69, 9.17) is 0 Å². The van der Waals surface area contributed by atoms with Gasteiger partial charge in [0, 0.05) is 58.9 Å². The number of nitrogens with zero attached hydrogens (tertiary/aromatic N) is 1. The molecule has 0 aromatic heterocycles. The van der Waals surface area contributed by atoms with Crippen LogP contribution in [0.25, 0.3) is 10.8 Å². The molecule has 2 aromatic rings. The van der Waals surface area contributed by atoms with E-state index >= 15 is 0 Å². The fourth-order valence-electron chi connectivity index (χ4n) is 3.14. The maximum Gasteiger partial charge on any atom is 0.0240 e. The summed E-state index contributed by atoms with van der Waals surface area (Å²) in [4.78, 5) is 2.55. The summed E-state index contributed by atoms with van der Waals surface area (Å²) < 4.78 is 0. The van der Waals surface area contributed by atoms with Gasteiger partial charge in [0.15, 0.2) is 0 Å². The van der Waals surface area contributed by atoms with Gasteiger partial charge in [0.1, 0.15) is 0 Å². The van der Waals surface area contributed by atoms with E-state index in [1.54, 1.807) is 0 Å². The number of hydrogen-bond donors (Lipinski definition) is 3. The molecule has 3 N–H and O–H groups in total. The summed E-state index contributed by atoms with van der Waals surface area (Å²) in [6.45, 7) is 9.47. The number of benzene rings is 2. The Bertz CT molecular complexity index is 581. The Balaban J connectivity index is 1.67. The SMILES string of the molecule is c1ccc2c(CN3CCNCCNCCNCC3)cccc2c1. The van der Waals surface area contributed by atoms with Crippen molar-refractivity contribution in [3.8, 4) is 0 Å². The van der Waals surface area contributed by atoms with E-state index in [0.717, 1.165) is 58.9 Å². The summed E-state index contributed by atoms with van der Waals surface area (Å²) in [6.07, 6.45) is 0. The van der Waals surface area contributed by atoms with Gasteiger partial charge in [0.2, 0.25) is 0 Å². The predicted octanol–water partition coefficient (Wildman–Crippen LogP) is 1.42. The molecule has 0 spiro atoms. The van der Waals surface area contributed by atoms with Gasteiger partial charge in [-0.1, -0.05) is 42.5 Å². The largest absolute Gasteiger partial charge is 0.314 e. The molecular formula is C19H28N4. The molecule has 0 amide bonds. The zero-order valence-corrected chi connectivity index (χ0v) is 13.9.